The third-order valence-electron chi connectivity index (χ3n) is 3.29. The molecule has 0 saturated carbocycles. The normalized spacial score (nSPS) is 17.8. The van der Waals surface area contributed by atoms with Crippen molar-refractivity contribution in [1.82, 2.24) is 10.2 Å². The van der Waals surface area contributed by atoms with E-state index >= 15 is 0 Å². The van der Waals surface area contributed by atoms with Crippen LogP contribution >= 0.6 is 0 Å². The summed E-state index contributed by atoms with van der Waals surface area (Å²) in [4.78, 5) is 2.46. The van der Waals surface area contributed by atoms with Crippen molar-refractivity contribution >= 4 is 0 Å². The lowest BCUT2D eigenvalue weighted by Crippen LogP contribution is -2.51. The third kappa shape index (κ3) is 4.81. The predicted octanol–water partition coefficient (Wildman–Crippen LogP) is 1.86. The van der Waals surface area contributed by atoms with Crippen LogP contribution in [0.3, 0.4) is 0 Å². The summed E-state index contributed by atoms with van der Waals surface area (Å²) in [5.74, 6) is 0. The van der Waals surface area contributed by atoms with Crippen LogP contribution in [0, 0.1) is 0 Å². The fraction of sp³-hybridized carbons (Fsp3) is 1.00. The molecule has 98 valence electrons. The Kier molecular flexibility index (Phi) is 7.20. The molecule has 0 aliphatic heterocycles. The molecule has 0 amide bonds. The monoisotopic (exact) mass is 230 g/mol. The molecular weight excluding hydrogens is 200 g/mol. The van der Waals surface area contributed by atoms with Gasteiger partial charge in [0.25, 0.3) is 0 Å². The Balaban J connectivity index is 4.43. The second-order valence-corrected chi connectivity index (χ2v) is 5.23. The van der Waals surface area contributed by atoms with Gasteiger partial charge in [-0.3, -0.25) is 4.90 Å². The van der Waals surface area contributed by atoms with Gasteiger partial charge in [-0.25, -0.2) is 0 Å². The van der Waals surface area contributed by atoms with Gasteiger partial charge in [0.05, 0.1) is 6.61 Å². The van der Waals surface area contributed by atoms with Gasteiger partial charge in [-0.05, 0) is 47.2 Å². The highest BCUT2D eigenvalue weighted by molar-refractivity contribution is 4.87. The zero-order valence-electron chi connectivity index (χ0n) is 11.9. The molecule has 0 saturated heterocycles. The molecule has 0 aliphatic carbocycles. The number of hydrogen-bond acceptors (Lipinski definition) is 3. The molecule has 0 spiro atoms. The minimum absolute atomic E-state index is 0.156. The van der Waals surface area contributed by atoms with Crippen molar-refractivity contribution in [2.45, 2.75) is 65.6 Å². The molecule has 0 bridgehead atoms. The van der Waals surface area contributed by atoms with E-state index in [0.29, 0.717) is 12.1 Å². The average Bonchev–Trinajstić information content (AvgIpc) is 2.18. The largest absolute Gasteiger partial charge is 0.394 e. The van der Waals surface area contributed by atoms with E-state index in [1.807, 2.05) is 0 Å². The smallest absolute Gasteiger partial charge is 0.0611 e. The highest BCUT2D eigenvalue weighted by atomic mass is 16.3. The molecule has 0 aliphatic rings. The van der Waals surface area contributed by atoms with Crippen molar-refractivity contribution in [1.29, 1.82) is 0 Å². The first kappa shape index (κ1) is 15.9. The van der Waals surface area contributed by atoms with E-state index in [2.05, 4.69) is 51.8 Å². The standard InChI is InChI=1S/C13H30N2O/c1-7-14-13(6,10-16)9-12(5)15(8-2)11(3)4/h11-12,14,16H,7-10H2,1-6H3. The molecule has 0 aromatic carbocycles. The van der Waals surface area contributed by atoms with Gasteiger partial charge in [0, 0.05) is 17.6 Å². The summed E-state index contributed by atoms with van der Waals surface area (Å²) in [6.45, 7) is 15.2. The number of rotatable bonds is 8. The van der Waals surface area contributed by atoms with Crippen LogP contribution in [0.25, 0.3) is 0 Å². The highest BCUT2D eigenvalue weighted by Crippen LogP contribution is 2.17. The van der Waals surface area contributed by atoms with E-state index < -0.39 is 0 Å². The van der Waals surface area contributed by atoms with Crippen LogP contribution in [0.1, 0.15) is 48.0 Å². The Morgan fingerprint density at radius 1 is 1.25 bits per heavy atom. The predicted molar refractivity (Wildman–Crippen MR) is 70.8 cm³/mol. The molecule has 0 radical (unpaired) electrons. The summed E-state index contributed by atoms with van der Waals surface area (Å²) in [6.07, 6.45) is 0.976. The summed E-state index contributed by atoms with van der Waals surface area (Å²) >= 11 is 0. The maximum atomic E-state index is 9.48. The maximum absolute atomic E-state index is 9.48. The Bertz CT molecular complexity index is 185. The van der Waals surface area contributed by atoms with Gasteiger partial charge in [-0.15, -0.1) is 0 Å². The zero-order chi connectivity index (χ0) is 12.8. The minimum atomic E-state index is -0.156. The van der Waals surface area contributed by atoms with Gasteiger partial charge in [-0.1, -0.05) is 13.8 Å². The number of aliphatic hydroxyl groups is 1. The average molecular weight is 230 g/mol. The molecule has 2 atom stereocenters. The molecule has 16 heavy (non-hydrogen) atoms. The fourth-order valence-electron chi connectivity index (χ4n) is 2.57. The Hall–Kier alpha value is -0.120. The minimum Gasteiger partial charge on any atom is -0.394 e. The number of hydrogen-bond donors (Lipinski definition) is 2. The molecule has 3 nitrogen and oxygen atoms in total. The van der Waals surface area contributed by atoms with E-state index in [0.717, 1.165) is 19.5 Å². The Labute approximate surface area is 101 Å². The molecule has 0 aromatic heterocycles. The quantitative estimate of drug-likeness (QED) is 0.668. The lowest BCUT2D eigenvalue weighted by Gasteiger charge is -2.38. The van der Waals surface area contributed by atoms with Gasteiger partial charge in [0.2, 0.25) is 0 Å². The number of nitrogens with one attached hydrogen (secondary N) is 1. The molecular formula is C13H30N2O. The van der Waals surface area contributed by atoms with Gasteiger partial charge < -0.3 is 10.4 Å². The lowest BCUT2D eigenvalue weighted by molar-refractivity contribution is 0.102. The van der Waals surface area contributed by atoms with Crippen LogP contribution in [-0.4, -0.2) is 47.3 Å². The van der Waals surface area contributed by atoms with Gasteiger partial charge in [0.1, 0.15) is 0 Å². The van der Waals surface area contributed by atoms with E-state index in [4.69, 9.17) is 0 Å². The van der Waals surface area contributed by atoms with E-state index in [1.165, 1.54) is 0 Å². The molecule has 0 heterocycles. The highest BCUT2D eigenvalue weighted by Gasteiger charge is 2.27. The number of aliphatic hydroxyl groups excluding tert-OH is 1. The van der Waals surface area contributed by atoms with E-state index in [9.17, 15) is 5.11 Å². The lowest BCUT2D eigenvalue weighted by atomic mass is 9.93. The number of likely N-dealkylation sites (N-methyl/N-ethyl adjacent to an activating group) is 1. The van der Waals surface area contributed by atoms with E-state index in [1.54, 1.807) is 0 Å². The van der Waals surface area contributed by atoms with Crippen molar-refractivity contribution in [2.75, 3.05) is 19.7 Å². The molecule has 3 heteroatoms. The van der Waals surface area contributed by atoms with Gasteiger partial charge in [-0.2, -0.15) is 0 Å². The van der Waals surface area contributed by atoms with Crippen molar-refractivity contribution in [3.63, 3.8) is 0 Å². The van der Waals surface area contributed by atoms with Crippen molar-refractivity contribution in [2.24, 2.45) is 0 Å². The van der Waals surface area contributed by atoms with Crippen molar-refractivity contribution < 1.29 is 5.11 Å². The van der Waals surface area contributed by atoms with Crippen LogP contribution < -0.4 is 5.32 Å². The second-order valence-electron chi connectivity index (χ2n) is 5.23. The maximum Gasteiger partial charge on any atom is 0.0611 e. The first-order valence-corrected chi connectivity index (χ1v) is 6.51. The molecule has 2 N–H and O–H groups in total. The SMILES string of the molecule is CCNC(C)(CO)CC(C)N(CC)C(C)C. The Morgan fingerprint density at radius 2 is 1.81 bits per heavy atom. The molecule has 0 fully saturated rings. The third-order valence-corrected chi connectivity index (χ3v) is 3.29. The van der Waals surface area contributed by atoms with Crippen molar-refractivity contribution in [3.8, 4) is 0 Å². The molecule has 0 rings (SSSR count). The first-order chi connectivity index (χ1) is 7.40. The summed E-state index contributed by atoms with van der Waals surface area (Å²) < 4.78 is 0. The van der Waals surface area contributed by atoms with Crippen LogP contribution in [0.4, 0.5) is 0 Å². The summed E-state index contributed by atoms with van der Waals surface area (Å²) in [5, 5.41) is 12.9. The van der Waals surface area contributed by atoms with Gasteiger partial charge >= 0.3 is 0 Å². The summed E-state index contributed by atoms with van der Waals surface area (Å²) in [7, 11) is 0. The molecule has 2 unspecified atom stereocenters. The summed E-state index contributed by atoms with van der Waals surface area (Å²) in [6, 6.07) is 1.05. The topological polar surface area (TPSA) is 35.5 Å². The van der Waals surface area contributed by atoms with Crippen LogP contribution in [-0.2, 0) is 0 Å². The van der Waals surface area contributed by atoms with Crippen LogP contribution in [0.5, 0.6) is 0 Å². The number of nitrogens with zero attached hydrogens (tertiary/aromatic N) is 1. The second kappa shape index (κ2) is 7.25. The van der Waals surface area contributed by atoms with E-state index in [-0.39, 0.29) is 12.1 Å². The first-order valence-electron chi connectivity index (χ1n) is 6.51. The summed E-state index contributed by atoms with van der Waals surface area (Å²) in [5.41, 5.74) is -0.156. The molecule has 0 aromatic rings. The van der Waals surface area contributed by atoms with Crippen LogP contribution in [0.15, 0.2) is 0 Å². The Morgan fingerprint density at radius 3 is 2.12 bits per heavy atom. The van der Waals surface area contributed by atoms with Gasteiger partial charge in [0.15, 0.2) is 0 Å². The fourth-order valence-corrected chi connectivity index (χ4v) is 2.57. The van der Waals surface area contributed by atoms with Crippen molar-refractivity contribution in [3.05, 3.63) is 0 Å². The zero-order valence-corrected chi connectivity index (χ0v) is 11.9. The van der Waals surface area contributed by atoms with Crippen LogP contribution in [0.2, 0.25) is 0 Å².